The van der Waals surface area contributed by atoms with Crippen LogP contribution in [-0.2, 0) is 4.74 Å². The molecule has 5 nitrogen and oxygen atoms in total. The van der Waals surface area contributed by atoms with Gasteiger partial charge in [-0.2, -0.15) is 0 Å². The van der Waals surface area contributed by atoms with Gasteiger partial charge in [-0.05, 0) is 12.5 Å². The molecule has 1 heterocycles. The van der Waals surface area contributed by atoms with Crippen molar-refractivity contribution in [1.29, 1.82) is 0 Å². The van der Waals surface area contributed by atoms with Gasteiger partial charge in [0.2, 0.25) is 5.95 Å². The van der Waals surface area contributed by atoms with Crippen LogP contribution in [0.5, 0.6) is 0 Å². The summed E-state index contributed by atoms with van der Waals surface area (Å²) < 4.78 is 4.54. The minimum atomic E-state index is -0.452. The van der Waals surface area contributed by atoms with Crippen LogP contribution in [0, 0.1) is 0 Å². The smallest absolute Gasteiger partial charge is 0.356 e. The molecule has 0 aliphatic heterocycles. The molecule has 0 amide bonds. The molecule has 1 rings (SSSR count). The van der Waals surface area contributed by atoms with Crippen molar-refractivity contribution >= 4 is 11.9 Å². The number of aromatic nitrogens is 2. The third-order valence-corrected chi connectivity index (χ3v) is 1.58. The molecule has 1 aromatic rings. The van der Waals surface area contributed by atoms with Gasteiger partial charge in [0.25, 0.3) is 0 Å². The van der Waals surface area contributed by atoms with Crippen molar-refractivity contribution in [2.75, 3.05) is 19.0 Å². The third kappa shape index (κ3) is 2.69. The van der Waals surface area contributed by atoms with Crippen LogP contribution in [0.4, 0.5) is 5.95 Å². The number of carbonyl (C=O) groups is 1. The number of ether oxygens (including phenoxy) is 1. The van der Waals surface area contributed by atoms with Gasteiger partial charge in [0.15, 0.2) is 5.69 Å². The van der Waals surface area contributed by atoms with E-state index in [4.69, 9.17) is 0 Å². The highest BCUT2D eigenvalue weighted by molar-refractivity contribution is 5.87. The molecule has 0 unspecified atom stereocenters. The minimum Gasteiger partial charge on any atom is -0.464 e. The number of anilines is 1. The summed E-state index contributed by atoms with van der Waals surface area (Å²) >= 11 is 0. The van der Waals surface area contributed by atoms with Crippen molar-refractivity contribution < 1.29 is 9.53 Å². The highest BCUT2D eigenvalue weighted by Gasteiger charge is 2.07. The zero-order valence-electron chi connectivity index (χ0n) is 8.28. The number of esters is 1. The second-order valence-electron chi connectivity index (χ2n) is 2.68. The number of hydrogen-bond donors (Lipinski definition) is 1. The van der Waals surface area contributed by atoms with Crippen molar-refractivity contribution in [3.8, 4) is 0 Å². The maximum absolute atomic E-state index is 11.1. The minimum absolute atomic E-state index is 0.265. The van der Waals surface area contributed by atoms with Crippen LogP contribution in [0.25, 0.3) is 0 Å². The molecule has 0 saturated carbocycles. The van der Waals surface area contributed by atoms with Gasteiger partial charge >= 0.3 is 5.97 Å². The summed E-state index contributed by atoms with van der Waals surface area (Å²) in [5.41, 5.74) is 0.265. The lowest BCUT2D eigenvalue weighted by Crippen LogP contribution is -2.09. The Morgan fingerprint density at radius 2 is 2.43 bits per heavy atom. The van der Waals surface area contributed by atoms with E-state index in [2.05, 4.69) is 20.0 Å². The zero-order valence-corrected chi connectivity index (χ0v) is 8.28. The number of carbonyl (C=O) groups excluding carboxylic acids is 1. The van der Waals surface area contributed by atoms with Gasteiger partial charge in [-0.1, -0.05) is 6.92 Å². The summed E-state index contributed by atoms with van der Waals surface area (Å²) in [6, 6.07) is 1.52. The highest BCUT2D eigenvalue weighted by Crippen LogP contribution is 2.01. The van der Waals surface area contributed by atoms with Crippen molar-refractivity contribution in [3.05, 3.63) is 18.0 Å². The predicted molar refractivity (Wildman–Crippen MR) is 52.2 cm³/mol. The average Bonchev–Trinajstić information content (AvgIpc) is 2.25. The molecule has 76 valence electrons. The molecule has 0 aliphatic carbocycles. The molecule has 0 aromatic carbocycles. The molecule has 0 spiro atoms. The van der Waals surface area contributed by atoms with Crippen molar-refractivity contribution in [1.82, 2.24) is 9.97 Å². The summed E-state index contributed by atoms with van der Waals surface area (Å²) in [6.07, 6.45) is 2.50. The van der Waals surface area contributed by atoms with Crippen LogP contribution in [-0.4, -0.2) is 29.6 Å². The van der Waals surface area contributed by atoms with Gasteiger partial charge in [0, 0.05) is 12.7 Å². The number of hydrogen-bond acceptors (Lipinski definition) is 5. The lowest BCUT2D eigenvalue weighted by Gasteiger charge is -2.03. The fourth-order valence-corrected chi connectivity index (χ4v) is 0.899. The molecule has 1 aromatic heterocycles. The number of rotatable bonds is 4. The van der Waals surface area contributed by atoms with Crippen LogP contribution in [0.3, 0.4) is 0 Å². The van der Waals surface area contributed by atoms with E-state index >= 15 is 0 Å². The van der Waals surface area contributed by atoms with Gasteiger partial charge in [0.05, 0.1) is 7.11 Å². The average molecular weight is 195 g/mol. The van der Waals surface area contributed by atoms with E-state index in [1.807, 2.05) is 6.92 Å². The maximum Gasteiger partial charge on any atom is 0.356 e. The van der Waals surface area contributed by atoms with E-state index in [9.17, 15) is 4.79 Å². The van der Waals surface area contributed by atoms with Crippen molar-refractivity contribution in [2.24, 2.45) is 0 Å². The van der Waals surface area contributed by atoms with E-state index < -0.39 is 5.97 Å². The molecule has 14 heavy (non-hydrogen) atoms. The van der Waals surface area contributed by atoms with Gasteiger partial charge in [0.1, 0.15) is 0 Å². The number of nitrogens with one attached hydrogen (secondary N) is 1. The maximum atomic E-state index is 11.1. The fourth-order valence-electron chi connectivity index (χ4n) is 0.899. The van der Waals surface area contributed by atoms with E-state index in [0.29, 0.717) is 5.95 Å². The molecular weight excluding hydrogens is 182 g/mol. The van der Waals surface area contributed by atoms with Crippen LogP contribution >= 0.6 is 0 Å². The Hall–Kier alpha value is -1.65. The Bertz CT molecular complexity index is 315. The van der Waals surface area contributed by atoms with E-state index in [0.717, 1.165) is 13.0 Å². The first-order valence-electron chi connectivity index (χ1n) is 4.43. The molecule has 0 saturated heterocycles. The van der Waals surface area contributed by atoms with Gasteiger partial charge in [-0.25, -0.2) is 14.8 Å². The predicted octanol–water partition coefficient (Wildman–Crippen LogP) is 1.09. The van der Waals surface area contributed by atoms with Crippen molar-refractivity contribution in [3.63, 3.8) is 0 Å². The van der Waals surface area contributed by atoms with E-state index in [-0.39, 0.29) is 5.69 Å². The summed E-state index contributed by atoms with van der Waals surface area (Å²) in [4.78, 5) is 19.0. The van der Waals surface area contributed by atoms with Crippen LogP contribution < -0.4 is 5.32 Å². The molecule has 1 N–H and O–H groups in total. The first-order valence-corrected chi connectivity index (χ1v) is 4.43. The van der Waals surface area contributed by atoms with Gasteiger partial charge in [-0.15, -0.1) is 0 Å². The molecule has 5 heteroatoms. The monoisotopic (exact) mass is 195 g/mol. The normalized spacial score (nSPS) is 9.57. The molecule has 0 aliphatic rings. The molecule has 0 radical (unpaired) electrons. The second kappa shape index (κ2) is 5.16. The van der Waals surface area contributed by atoms with E-state index in [1.54, 1.807) is 0 Å². The Balaban J connectivity index is 2.73. The summed E-state index contributed by atoms with van der Waals surface area (Å²) in [7, 11) is 1.32. The first kappa shape index (κ1) is 10.4. The number of nitrogens with zero attached hydrogens (tertiary/aromatic N) is 2. The van der Waals surface area contributed by atoms with Crippen LogP contribution in [0.2, 0.25) is 0 Å². The Morgan fingerprint density at radius 1 is 1.64 bits per heavy atom. The molecule has 0 fully saturated rings. The topological polar surface area (TPSA) is 64.1 Å². The Labute approximate surface area is 82.5 Å². The highest BCUT2D eigenvalue weighted by atomic mass is 16.5. The van der Waals surface area contributed by atoms with Crippen molar-refractivity contribution in [2.45, 2.75) is 13.3 Å². The first-order chi connectivity index (χ1) is 6.77. The largest absolute Gasteiger partial charge is 0.464 e. The van der Waals surface area contributed by atoms with Crippen LogP contribution in [0.15, 0.2) is 12.3 Å². The lowest BCUT2D eigenvalue weighted by molar-refractivity contribution is 0.0594. The SMILES string of the molecule is CCCNc1nccc(C(=O)OC)n1. The second-order valence-corrected chi connectivity index (χ2v) is 2.68. The zero-order chi connectivity index (χ0) is 10.4. The van der Waals surface area contributed by atoms with E-state index in [1.165, 1.54) is 19.4 Å². The summed E-state index contributed by atoms with van der Waals surface area (Å²) in [5.74, 6) is 0.00157. The Kier molecular flexibility index (Phi) is 3.84. The Morgan fingerprint density at radius 3 is 3.07 bits per heavy atom. The van der Waals surface area contributed by atoms with Gasteiger partial charge < -0.3 is 10.1 Å². The standard InChI is InChI=1S/C9H13N3O2/c1-3-5-10-9-11-6-4-7(12-9)8(13)14-2/h4,6H,3,5H2,1-2H3,(H,10,11,12). The van der Waals surface area contributed by atoms with Crippen LogP contribution in [0.1, 0.15) is 23.8 Å². The molecule has 0 atom stereocenters. The quantitative estimate of drug-likeness (QED) is 0.728. The lowest BCUT2D eigenvalue weighted by atomic mass is 10.4. The third-order valence-electron chi connectivity index (χ3n) is 1.58. The van der Waals surface area contributed by atoms with Gasteiger partial charge in [-0.3, -0.25) is 0 Å². The summed E-state index contributed by atoms with van der Waals surface area (Å²) in [6.45, 7) is 2.82. The summed E-state index contributed by atoms with van der Waals surface area (Å²) in [5, 5.41) is 2.98. The molecular formula is C9H13N3O2. The number of methoxy groups -OCH3 is 1. The molecule has 0 bridgehead atoms. The fraction of sp³-hybridized carbons (Fsp3) is 0.444.